The van der Waals surface area contributed by atoms with Crippen LogP contribution in [-0.2, 0) is 10.1 Å². The largest absolute Gasteiger partial charge is 0.295 e. The van der Waals surface area contributed by atoms with Crippen molar-refractivity contribution in [2.75, 3.05) is 0 Å². The summed E-state index contributed by atoms with van der Waals surface area (Å²) in [4.78, 5) is 0.0687. The fourth-order valence-electron chi connectivity index (χ4n) is 3.28. The Bertz CT molecular complexity index is 709. The summed E-state index contributed by atoms with van der Waals surface area (Å²) in [6.45, 7) is 12.2. The summed E-state index contributed by atoms with van der Waals surface area (Å²) >= 11 is 0. The van der Waals surface area contributed by atoms with Crippen molar-refractivity contribution in [3.63, 3.8) is 0 Å². The summed E-state index contributed by atoms with van der Waals surface area (Å²) in [6.07, 6.45) is 0. The van der Waals surface area contributed by atoms with E-state index in [0.717, 1.165) is 16.7 Å². The van der Waals surface area contributed by atoms with Crippen LogP contribution in [0.15, 0.2) is 36.4 Å². The van der Waals surface area contributed by atoms with Gasteiger partial charge in [-0.2, -0.15) is 8.42 Å². The first-order valence-corrected chi connectivity index (χ1v) is 8.60. The Balaban J connectivity index is 2.92. The highest BCUT2D eigenvalue weighted by atomic mass is 32.2. The number of rotatable bonds is 3. The first-order chi connectivity index (χ1) is 9.66. The van der Waals surface area contributed by atoms with Gasteiger partial charge in [0.1, 0.15) is 4.91 Å². The van der Waals surface area contributed by atoms with Gasteiger partial charge in [0.15, 0.2) is 0 Å². The van der Waals surface area contributed by atoms with Gasteiger partial charge in [0.2, 0.25) is 0 Å². The van der Waals surface area contributed by atoms with E-state index in [9.17, 15) is 13.0 Å². The van der Waals surface area contributed by atoms with Crippen LogP contribution in [0.2, 0.25) is 0 Å². The lowest BCUT2D eigenvalue weighted by Crippen LogP contribution is -2.25. The van der Waals surface area contributed by atoms with Gasteiger partial charge in [0, 0.05) is 11.5 Å². The van der Waals surface area contributed by atoms with Gasteiger partial charge in [-0.25, -0.2) is 0 Å². The van der Waals surface area contributed by atoms with Crippen molar-refractivity contribution in [1.29, 1.82) is 0 Å². The van der Waals surface area contributed by atoms with E-state index < -0.39 is 10.1 Å². The molecule has 0 heterocycles. The number of fused-ring (bicyclic) bond motifs is 1. The van der Waals surface area contributed by atoms with Gasteiger partial charge in [-0.3, -0.25) is 4.55 Å². The normalized spacial score (nSPS) is 19.4. The Labute approximate surface area is 127 Å². The van der Waals surface area contributed by atoms with Gasteiger partial charge in [-0.1, -0.05) is 58.5 Å². The monoisotopic (exact) mass is 306 g/mol. The highest BCUT2D eigenvalue weighted by Gasteiger charge is 2.37. The lowest BCUT2D eigenvalue weighted by molar-refractivity contribution is 0.483. The van der Waals surface area contributed by atoms with Crippen LogP contribution in [0.5, 0.6) is 0 Å². The van der Waals surface area contributed by atoms with Crippen molar-refractivity contribution >= 4 is 20.6 Å². The van der Waals surface area contributed by atoms with Crippen molar-refractivity contribution in [3.8, 4) is 0 Å². The second-order valence-corrected chi connectivity index (χ2v) is 7.57. The first-order valence-electron chi connectivity index (χ1n) is 7.16. The maximum absolute atomic E-state index is 12.0. The quantitative estimate of drug-likeness (QED) is 0.850. The molecule has 1 atom stereocenters. The Morgan fingerprint density at radius 1 is 1.10 bits per heavy atom. The molecule has 0 bridgehead atoms. The molecule has 1 aliphatic carbocycles. The minimum atomic E-state index is -4.28. The first kappa shape index (κ1) is 16.0. The summed E-state index contributed by atoms with van der Waals surface area (Å²) in [6, 6.07) is 7.26. The minimum Gasteiger partial charge on any atom is -0.282 e. The van der Waals surface area contributed by atoms with Crippen molar-refractivity contribution < 1.29 is 13.0 Å². The summed E-state index contributed by atoms with van der Waals surface area (Å²) in [5.41, 5.74) is 3.06. The van der Waals surface area contributed by atoms with Gasteiger partial charge in [0.25, 0.3) is 10.1 Å². The predicted molar refractivity (Wildman–Crippen MR) is 87.1 cm³/mol. The molecule has 0 aliphatic heterocycles. The zero-order valence-corrected chi connectivity index (χ0v) is 13.7. The molecule has 0 aromatic heterocycles. The molecule has 3 nitrogen and oxygen atoms in total. The molecule has 1 N–H and O–H groups in total. The summed E-state index contributed by atoms with van der Waals surface area (Å²) in [5.74, 6) is 0.149. The molecule has 0 saturated carbocycles. The van der Waals surface area contributed by atoms with E-state index in [2.05, 4.69) is 6.58 Å². The fraction of sp³-hybridized carbons (Fsp3) is 0.412. The highest BCUT2D eigenvalue weighted by Crippen LogP contribution is 2.48. The molecule has 0 saturated heterocycles. The van der Waals surface area contributed by atoms with Crippen LogP contribution >= 0.6 is 0 Å². The van der Waals surface area contributed by atoms with Gasteiger partial charge in [-0.05, 0) is 28.5 Å². The van der Waals surface area contributed by atoms with Crippen LogP contribution < -0.4 is 0 Å². The Hall–Kier alpha value is -1.39. The number of allylic oxidation sites excluding steroid dienone is 2. The van der Waals surface area contributed by atoms with Gasteiger partial charge in [-0.15, -0.1) is 0 Å². The van der Waals surface area contributed by atoms with Crippen molar-refractivity contribution in [2.24, 2.45) is 17.8 Å². The van der Waals surface area contributed by atoms with E-state index in [-0.39, 0.29) is 22.7 Å². The predicted octanol–water partition coefficient (Wildman–Crippen LogP) is 4.24. The van der Waals surface area contributed by atoms with Crippen molar-refractivity contribution in [3.05, 3.63) is 47.5 Å². The Morgan fingerprint density at radius 3 is 2.05 bits per heavy atom. The molecular weight excluding hydrogens is 284 g/mol. The van der Waals surface area contributed by atoms with E-state index in [4.69, 9.17) is 0 Å². The summed E-state index contributed by atoms with van der Waals surface area (Å²) in [5, 5.41) is 0. The minimum absolute atomic E-state index is 0.0134. The van der Waals surface area contributed by atoms with E-state index in [1.807, 2.05) is 39.8 Å². The van der Waals surface area contributed by atoms with Gasteiger partial charge >= 0.3 is 0 Å². The van der Waals surface area contributed by atoms with Crippen LogP contribution in [0, 0.1) is 17.8 Å². The van der Waals surface area contributed by atoms with Crippen LogP contribution in [0.25, 0.3) is 10.5 Å². The summed E-state index contributed by atoms with van der Waals surface area (Å²) < 4.78 is 33.8. The maximum atomic E-state index is 12.0. The van der Waals surface area contributed by atoms with Gasteiger partial charge < -0.3 is 0 Å². The molecule has 1 aliphatic rings. The van der Waals surface area contributed by atoms with Crippen molar-refractivity contribution in [2.45, 2.75) is 27.7 Å². The molecule has 1 unspecified atom stereocenters. The fourth-order valence-corrected chi connectivity index (χ4v) is 4.40. The van der Waals surface area contributed by atoms with E-state index >= 15 is 0 Å². The second kappa shape index (κ2) is 5.43. The zero-order chi connectivity index (χ0) is 15.9. The van der Waals surface area contributed by atoms with E-state index in [0.29, 0.717) is 5.56 Å². The van der Waals surface area contributed by atoms with Crippen molar-refractivity contribution in [1.82, 2.24) is 0 Å². The molecule has 2 rings (SSSR count). The molecule has 21 heavy (non-hydrogen) atoms. The van der Waals surface area contributed by atoms with Crippen LogP contribution in [0.4, 0.5) is 0 Å². The molecule has 0 radical (unpaired) electrons. The van der Waals surface area contributed by atoms with E-state index in [1.165, 1.54) is 0 Å². The Kier molecular flexibility index (Phi) is 4.13. The number of benzene rings is 1. The molecular formula is C17H22O3S. The molecule has 0 fully saturated rings. The van der Waals surface area contributed by atoms with Crippen LogP contribution in [0.3, 0.4) is 0 Å². The molecule has 1 aromatic carbocycles. The SMILES string of the molecule is C=C1c2ccccc2C(S(=O)(=O)O)=C(C(C)C)C1C(C)C. The number of hydrogen-bond donors (Lipinski definition) is 1. The molecule has 1 aromatic rings. The second-order valence-electron chi connectivity index (χ2n) is 6.21. The smallest absolute Gasteiger partial charge is 0.282 e. The van der Waals surface area contributed by atoms with Crippen LogP contribution in [0.1, 0.15) is 38.8 Å². The number of hydrogen-bond acceptors (Lipinski definition) is 2. The average molecular weight is 306 g/mol. The third-order valence-electron chi connectivity index (χ3n) is 4.04. The van der Waals surface area contributed by atoms with Crippen LogP contribution in [-0.4, -0.2) is 13.0 Å². The maximum Gasteiger partial charge on any atom is 0.295 e. The molecule has 0 spiro atoms. The standard InChI is InChI=1S/C17H22O3S/c1-10(2)15-12(5)13-8-6-7-9-14(13)17(21(18,19)20)16(15)11(3)4/h6-11,15H,5H2,1-4H3,(H,18,19,20). The molecule has 4 heteroatoms. The Morgan fingerprint density at radius 2 is 1.62 bits per heavy atom. The summed E-state index contributed by atoms with van der Waals surface area (Å²) in [7, 11) is -4.28. The third-order valence-corrected chi connectivity index (χ3v) is 5.01. The lowest BCUT2D eigenvalue weighted by Gasteiger charge is -2.35. The highest BCUT2D eigenvalue weighted by molar-refractivity contribution is 7.95. The molecule has 0 amide bonds. The average Bonchev–Trinajstić information content (AvgIpc) is 2.36. The lowest BCUT2D eigenvalue weighted by atomic mass is 9.71. The molecule has 114 valence electrons. The van der Waals surface area contributed by atoms with Gasteiger partial charge in [0.05, 0.1) is 0 Å². The third kappa shape index (κ3) is 2.70. The van der Waals surface area contributed by atoms with E-state index in [1.54, 1.807) is 12.1 Å². The topological polar surface area (TPSA) is 54.4 Å². The zero-order valence-electron chi connectivity index (χ0n) is 12.9.